The van der Waals surface area contributed by atoms with Gasteiger partial charge in [0.25, 0.3) is 5.91 Å². The molecule has 0 bridgehead atoms. The number of hydrogen-bond donors (Lipinski definition) is 2. The highest BCUT2D eigenvalue weighted by Gasteiger charge is 2.30. The molecular weight excluding hydrogens is 326 g/mol. The molecule has 25 heavy (non-hydrogen) atoms. The molecule has 0 spiro atoms. The van der Waals surface area contributed by atoms with Crippen LogP contribution in [0.4, 0.5) is 4.79 Å². The van der Waals surface area contributed by atoms with Gasteiger partial charge in [0.05, 0.1) is 14.2 Å². The summed E-state index contributed by atoms with van der Waals surface area (Å²) in [5, 5.41) is 4.67. The number of carbonyl (C=O) groups is 3. The highest BCUT2D eigenvalue weighted by Crippen LogP contribution is 2.33. The molecule has 0 saturated carbocycles. The second kappa shape index (κ2) is 7.00. The van der Waals surface area contributed by atoms with Crippen molar-refractivity contribution >= 4 is 17.8 Å². The number of urea groups is 1. The molecule has 1 fully saturated rings. The number of nitrogens with zero attached hydrogens (tertiary/aromatic N) is 1. The van der Waals surface area contributed by atoms with E-state index in [0.717, 1.165) is 17.5 Å². The molecule has 2 aliphatic heterocycles. The van der Waals surface area contributed by atoms with Crippen LogP contribution in [0.3, 0.4) is 0 Å². The minimum absolute atomic E-state index is 0.0330. The van der Waals surface area contributed by atoms with Crippen molar-refractivity contribution in [3.05, 3.63) is 23.3 Å². The van der Waals surface area contributed by atoms with E-state index in [9.17, 15) is 14.4 Å². The standard InChI is InChI=1S/C17H21N3O5/c1-24-13-7-10-5-6-20(9-11(10)8-14(13)25-2)15(21)4-3-12-16(22)19-17(23)18-12/h7-8,12H,3-6,9H2,1-2H3,(H2,18,19,22,23)/t12-/m0/s1. The summed E-state index contributed by atoms with van der Waals surface area (Å²) in [7, 11) is 3.18. The van der Waals surface area contributed by atoms with E-state index in [1.807, 2.05) is 12.1 Å². The fourth-order valence-corrected chi connectivity index (χ4v) is 3.18. The fourth-order valence-electron chi connectivity index (χ4n) is 3.18. The lowest BCUT2D eigenvalue weighted by Gasteiger charge is -2.30. The second-order valence-electron chi connectivity index (χ2n) is 6.10. The molecule has 1 aromatic carbocycles. The van der Waals surface area contributed by atoms with Crippen LogP contribution in [0.2, 0.25) is 0 Å². The zero-order valence-electron chi connectivity index (χ0n) is 14.3. The third-order valence-corrected chi connectivity index (χ3v) is 4.58. The van der Waals surface area contributed by atoms with E-state index in [4.69, 9.17) is 9.47 Å². The van der Waals surface area contributed by atoms with Crippen molar-refractivity contribution in [1.29, 1.82) is 0 Å². The van der Waals surface area contributed by atoms with E-state index in [0.29, 0.717) is 31.0 Å². The summed E-state index contributed by atoms with van der Waals surface area (Å²) >= 11 is 0. The highest BCUT2D eigenvalue weighted by atomic mass is 16.5. The van der Waals surface area contributed by atoms with Gasteiger partial charge in [0.1, 0.15) is 6.04 Å². The van der Waals surface area contributed by atoms with E-state index in [2.05, 4.69) is 10.6 Å². The quantitative estimate of drug-likeness (QED) is 0.760. The summed E-state index contributed by atoms with van der Waals surface area (Å²) in [4.78, 5) is 36.8. The summed E-state index contributed by atoms with van der Waals surface area (Å²) in [5.74, 6) is 0.915. The number of amides is 4. The molecule has 0 radical (unpaired) electrons. The van der Waals surface area contributed by atoms with Crippen LogP contribution in [0.25, 0.3) is 0 Å². The molecule has 2 N–H and O–H groups in total. The Morgan fingerprint density at radius 1 is 1.20 bits per heavy atom. The molecule has 0 aromatic heterocycles. The van der Waals surface area contributed by atoms with Crippen LogP contribution >= 0.6 is 0 Å². The van der Waals surface area contributed by atoms with E-state index < -0.39 is 12.1 Å². The molecule has 2 heterocycles. The Hall–Kier alpha value is -2.77. The van der Waals surface area contributed by atoms with Gasteiger partial charge in [0.2, 0.25) is 5.91 Å². The van der Waals surface area contributed by atoms with Crippen molar-refractivity contribution in [3.8, 4) is 11.5 Å². The molecule has 2 aliphatic rings. The maximum Gasteiger partial charge on any atom is 0.322 e. The summed E-state index contributed by atoms with van der Waals surface area (Å²) in [6, 6.07) is 2.72. The zero-order valence-corrected chi connectivity index (χ0v) is 14.3. The molecule has 1 saturated heterocycles. The monoisotopic (exact) mass is 347 g/mol. The van der Waals surface area contributed by atoms with Gasteiger partial charge in [-0.25, -0.2) is 4.79 Å². The summed E-state index contributed by atoms with van der Waals surface area (Å²) in [6.07, 6.45) is 1.24. The smallest absolute Gasteiger partial charge is 0.322 e. The first-order valence-corrected chi connectivity index (χ1v) is 8.14. The lowest BCUT2D eigenvalue weighted by atomic mass is 9.98. The Morgan fingerprint density at radius 2 is 1.88 bits per heavy atom. The molecule has 1 atom stereocenters. The number of ether oxygens (including phenoxy) is 2. The molecular formula is C17H21N3O5. The van der Waals surface area contributed by atoms with Gasteiger partial charge in [-0.05, 0) is 36.1 Å². The number of nitrogens with one attached hydrogen (secondary N) is 2. The molecule has 1 aromatic rings. The van der Waals surface area contributed by atoms with Crippen molar-refractivity contribution < 1.29 is 23.9 Å². The van der Waals surface area contributed by atoms with Gasteiger partial charge in [-0.1, -0.05) is 0 Å². The lowest BCUT2D eigenvalue weighted by Crippen LogP contribution is -2.37. The normalized spacial score (nSPS) is 19.1. The first kappa shape index (κ1) is 17.1. The Morgan fingerprint density at radius 3 is 2.48 bits per heavy atom. The third-order valence-electron chi connectivity index (χ3n) is 4.58. The minimum atomic E-state index is -0.627. The Kier molecular flexibility index (Phi) is 4.78. The fraction of sp³-hybridized carbons (Fsp3) is 0.471. The molecule has 0 unspecified atom stereocenters. The van der Waals surface area contributed by atoms with Crippen molar-refractivity contribution in [3.63, 3.8) is 0 Å². The van der Waals surface area contributed by atoms with Gasteiger partial charge >= 0.3 is 6.03 Å². The molecule has 4 amide bonds. The van der Waals surface area contributed by atoms with Crippen LogP contribution < -0.4 is 20.1 Å². The van der Waals surface area contributed by atoms with Gasteiger partial charge in [-0.15, -0.1) is 0 Å². The summed E-state index contributed by atoms with van der Waals surface area (Å²) in [5.41, 5.74) is 2.17. The van der Waals surface area contributed by atoms with Crippen molar-refractivity contribution in [2.45, 2.75) is 31.8 Å². The number of carbonyl (C=O) groups excluding carboxylic acids is 3. The van der Waals surface area contributed by atoms with Gasteiger partial charge in [0.15, 0.2) is 11.5 Å². The van der Waals surface area contributed by atoms with Gasteiger partial charge in [-0.3, -0.25) is 14.9 Å². The largest absolute Gasteiger partial charge is 0.493 e. The average molecular weight is 347 g/mol. The number of hydrogen-bond acceptors (Lipinski definition) is 5. The van der Waals surface area contributed by atoms with E-state index in [-0.39, 0.29) is 18.2 Å². The topological polar surface area (TPSA) is 97.0 Å². The van der Waals surface area contributed by atoms with Crippen LogP contribution in [0, 0.1) is 0 Å². The first-order chi connectivity index (χ1) is 12.0. The average Bonchev–Trinajstić information content (AvgIpc) is 2.95. The lowest BCUT2D eigenvalue weighted by molar-refractivity contribution is -0.132. The third kappa shape index (κ3) is 3.52. The SMILES string of the molecule is COc1cc2c(cc1OC)CN(C(=O)CC[C@@H]1NC(=O)NC1=O)CC2. The second-order valence-corrected chi connectivity index (χ2v) is 6.10. The predicted octanol–water partition coefficient (Wildman–Crippen LogP) is 0.577. The van der Waals surface area contributed by atoms with Crippen LogP contribution in [0.15, 0.2) is 12.1 Å². The number of rotatable bonds is 5. The predicted molar refractivity (Wildman–Crippen MR) is 88.4 cm³/mol. The first-order valence-electron chi connectivity index (χ1n) is 8.14. The summed E-state index contributed by atoms with van der Waals surface area (Å²) < 4.78 is 10.6. The highest BCUT2D eigenvalue weighted by molar-refractivity contribution is 6.04. The molecule has 0 aliphatic carbocycles. The number of methoxy groups -OCH3 is 2. The molecule has 8 nitrogen and oxygen atoms in total. The maximum atomic E-state index is 12.5. The molecule has 8 heteroatoms. The maximum absolute atomic E-state index is 12.5. The molecule has 134 valence electrons. The minimum Gasteiger partial charge on any atom is -0.493 e. The van der Waals surface area contributed by atoms with Crippen LogP contribution in [-0.2, 0) is 22.6 Å². The van der Waals surface area contributed by atoms with Gasteiger partial charge in [0, 0.05) is 19.5 Å². The van der Waals surface area contributed by atoms with Gasteiger partial charge in [-0.2, -0.15) is 0 Å². The Balaban J connectivity index is 1.63. The van der Waals surface area contributed by atoms with E-state index >= 15 is 0 Å². The van der Waals surface area contributed by atoms with E-state index in [1.54, 1.807) is 19.1 Å². The van der Waals surface area contributed by atoms with Crippen molar-refractivity contribution in [1.82, 2.24) is 15.5 Å². The Bertz CT molecular complexity index is 718. The number of benzene rings is 1. The van der Waals surface area contributed by atoms with Crippen molar-refractivity contribution in [2.24, 2.45) is 0 Å². The summed E-state index contributed by atoms with van der Waals surface area (Å²) in [6.45, 7) is 1.11. The van der Waals surface area contributed by atoms with Crippen LogP contribution in [-0.4, -0.2) is 49.6 Å². The number of fused-ring (bicyclic) bond motifs is 1. The van der Waals surface area contributed by atoms with Crippen LogP contribution in [0.1, 0.15) is 24.0 Å². The zero-order chi connectivity index (χ0) is 18.0. The number of imide groups is 1. The Labute approximate surface area is 145 Å². The van der Waals surface area contributed by atoms with Gasteiger partial charge < -0.3 is 19.7 Å². The van der Waals surface area contributed by atoms with E-state index in [1.165, 1.54) is 0 Å². The van der Waals surface area contributed by atoms with Crippen LogP contribution in [0.5, 0.6) is 11.5 Å². The van der Waals surface area contributed by atoms with Crippen molar-refractivity contribution in [2.75, 3.05) is 20.8 Å². The molecule has 3 rings (SSSR count).